The summed E-state index contributed by atoms with van der Waals surface area (Å²) in [5.74, 6) is 0.429. The molecule has 7 nitrogen and oxygen atoms in total. The average molecular weight is 292 g/mol. The van der Waals surface area contributed by atoms with Crippen molar-refractivity contribution in [2.45, 2.75) is 19.1 Å². The molecule has 1 saturated heterocycles. The number of carbonyl (C=O) groups is 2. The van der Waals surface area contributed by atoms with Crippen molar-refractivity contribution in [3.05, 3.63) is 18.2 Å². The number of hydrogen-bond acceptors (Lipinski definition) is 5. The van der Waals surface area contributed by atoms with Gasteiger partial charge in [-0.3, -0.25) is 9.69 Å². The SMILES string of the molecule is CC1Oc2cc(N3C[C@H](CO)OC3=O)ccc2N(C)C1=O. The van der Waals surface area contributed by atoms with Crippen molar-refractivity contribution in [1.29, 1.82) is 0 Å². The molecule has 0 saturated carbocycles. The highest BCUT2D eigenvalue weighted by Crippen LogP contribution is 2.37. The Balaban J connectivity index is 1.92. The Hall–Kier alpha value is -2.28. The number of cyclic esters (lactones) is 1. The minimum absolute atomic E-state index is 0.115. The molecular weight excluding hydrogens is 276 g/mol. The maximum Gasteiger partial charge on any atom is 0.414 e. The molecule has 1 unspecified atom stereocenters. The summed E-state index contributed by atoms with van der Waals surface area (Å²) < 4.78 is 10.6. The summed E-state index contributed by atoms with van der Waals surface area (Å²) in [4.78, 5) is 26.6. The first-order chi connectivity index (χ1) is 10.0. The number of anilines is 2. The summed E-state index contributed by atoms with van der Waals surface area (Å²) in [6.07, 6.45) is -1.58. The summed E-state index contributed by atoms with van der Waals surface area (Å²) >= 11 is 0. The third-order valence-electron chi connectivity index (χ3n) is 3.68. The number of aliphatic hydroxyl groups is 1. The quantitative estimate of drug-likeness (QED) is 0.870. The molecule has 0 aromatic heterocycles. The first-order valence-electron chi connectivity index (χ1n) is 6.68. The van der Waals surface area contributed by atoms with Gasteiger partial charge in [0.2, 0.25) is 0 Å². The molecule has 2 heterocycles. The average Bonchev–Trinajstić information content (AvgIpc) is 2.85. The van der Waals surface area contributed by atoms with Gasteiger partial charge in [-0.15, -0.1) is 0 Å². The normalized spacial score (nSPS) is 24.7. The van der Waals surface area contributed by atoms with Gasteiger partial charge >= 0.3 is 6.09 Å². The number of aliphatic hydroxyl groups excluding tert-OH is 1. The number of amides is 2. The Labute approximate surface area is 121 Å². The van der Waals surface area contributed by atoms with E-state index in [1.165, 1.54) is 9.80 Å². The van der Waals surface area contributed by atoms with Gasteiger partial charge in [0.25, 0.3) is 5.91 Å². The topological polar surface area (TPSA) is 79.3 Å². The van der Waals surface area contributed by atoms with Crippen LogP contribution >= 0.6 is 0 Å². The van der Waals surface area contributed by atoms with Crippen LogP contribution in [0.25, 0.3) is 0 Å². The van der Waals surface area contributed by atoms with E-state index in [2.05, 4.69) is 0 Å². The first kappa shape index (κ1) is 13.7. The lowest BCUT2D eigenvalue weighted by molar-refractivity contribution is -0.125. The zero-order valence-electron chi connectivity index (χ0n) is 11.8. The molecule has 1 N–H and O–H groups in total. The molecule has 1 aromatic rings. The fraction of sp³-hybridized carbons (Fsp3) is 0.429. The molecule has 3 rings (SSSR count). The molecule has 0 bridgehead atoms. The molecule has 0 aliphatic carbocycles. The number of fused-ring (bicyclic) bond motifs is 1. The van der Waals surface area contributed by atoms with Gasteiger partial charge < -0.3 is 19.5 Å². The molecule has 2 atom stereocenters. The van der Waals surface area contributed by atoms with Crippen molar-refractivity contribution in [2.75, 3.05) is 30.0 Å². The van der Waals surface area contributed by atoms with Gasteiger partial charge in [0.1, 0.15) is 11.9 Å². The van der Waals surface area contributed by atoms with E-state index < -0.39 is 18.3 Å². The van der Waals surface area contributed by atoms with E-state index in [-0.39, 0.29) is 12.5 Å². The number of benzene rings is 1. The Morgan fingerprint density at radius 3 is 2.76 bits per heavy atom. The van der Waals surface area contributed by atoms with Crippen LogP contribution in [0.4, 0.5) is 16.2 Å². The summed E-state index contributed by atoms with van der Waals surface area (Å²) in [7, 11) is 1.69. The van der Waals surface area contributed by atoms with Crippen LogP contribution in [0.5, 0.6) is 5.75 Å². The van der Waals surface area contributed by atoms with Crippen molar-refractivity contribution in [2.24, 2.45) is 0 Å². The standard InChI is InChI=1S/C14H16N2O5/c1-8-13(18)15(2)11-4-3-9(5-12(11)20-8)16-6-10(7-17)21-14(16)19/h3-5,8,10,17H,6-7H2,1-2H3/t8?,10-/m1/s1. The maximum absolute atomic E-state index is 11.9. The molecule has 2 amide bonds. The van der Waals surface area contributed by atoms with Crippen LogP contribution in [-0.4, -0.2) is 49.5 Å². The molecule has 0 spiro atoms. The monoisotopic (exact) mass is 292 g/mol. The van der Waals surface area contributed by atoms with E-state index in [1.54, 1.807) is 32.2 Å². The van der Waals surface area contributed by atoms with Crippen LogP contribution in [0.3, 0.4) is 0 Å². The summed E-state index contributed by atoms with van der Waals surface area (Å²) in [5.41, 5.74) is 1.28. The number of ether oxygens (including phenoxy) is 2. The number of hydrogen-bond donors (Lipinski definition) is 1. The Morgan fingerprint density at radius 1 is 1.33 bits per heavy atom. The van der Waals surface area contributed by atoms with Crippen molar-refractivity contribution < 1.29 is 24.2 Å². The Kier molecular flexibility index (Phi) is 3.21. The number of nitrogens with zero attached hydrogens (tertiary/aromatic N) is 2. The van der Waals surface area contributed by atoms with Crippen molar-refractivity contribution in [3.63, 3.8) is 0 Å². The van der Waals surface area contributed by atoms with Crippen LogP contribution in [0.2, 0.25) is 0 Å². The molecule has 7 heteroatoms. The zero-order valence-corrected chi connectivity index (χ0v) is 11.8. The largest absolute Gasteiger partial charge is 0.479 e. The van der Waals surface area contributed by atoms with Gasteiger partial charge in [-0.25, -0.2) is 4.79 Å². The van der Waals surface area contributed by atoms with Crippen LogP contribution in [0, 0.1) is 0 Å². The first-order valence-corrected chi connectivity index (χ1v) is 6.68. The van der Waals surface area contributed by atoms with E-state index in [9.17, 15) is 9.59 Å². The molecule has 2 aliphatic rings. The van der Waals surface area contributed by atoms with Crippen LogP contribution in [0.1, 0.15) is 6.92 Å². The van der Waals surface area contributed by atoms with E-state index in [0.29, 0.717) is 23.7 Å². The van der Waals surface area contributed by atoms with Gasteiger partial charge in [-0.2, -0.15) is 0 Å². The van der Waals surface area contributed by atoms with E-state index >= 15 is 0 Å². The Morgan fingerprint density at radius 2 is 2.10 bits per heavy atom. The second-order valence-electron chi connectivity index (χ2n) is 5.11. The molecule has 21 heavy (non-hydrogen) atoms. The zero-order chi connectivity index (χ0) is 15.1. The van der Waals surface area contributed by atoms with Crippen molar-refractivity contribution in [1.82, 2.24) is 0 Å². The predicted molar refractivity (Wildman–Crippen MR) is 74.6 cm³/mol. The highest BCUT2D eigenvalue weighted by Gasteiger charge is 2.34. The van der Waals surface area contributed by atoms with Gasteiger partial charge in [-0.05, 0) is 19.1 Å². The fourth-order valence-electron chi connectivity index (χ4n) is 2.50. The minimum Gasteiger partial charge on any atom is -0.479 e. The smallest absolute Gasteiger partial charge is 0.414 e. The lowest BCUT2D eigenvalue weighted by Gasteiger charge is -2.31. The van der Waals surface area contributed by atoms with Gasteiger partial charge in [-0.1, -0.05) is 0 Å². The lowest BCUT2D eigenvalue weighted by Crippen LogP contribution is -2.42. The molecule has 0 radical (unpaired) electrons. The lowest BCUT2D eigenvalue weighted by atomic mass is 10.1. The van der Waals surface area contributed by atoms with Gasteiger partial charge in [0, 0.05) is 13.1 Å². The maximum atomic E-state index is 11.9. The van der Waals surface area contributed by atoms with Crippen molar-refractivity contribution >= 4 is 23.4 Å². The molecule has 1 fully saturated rings. The van der Waals surface area contributed by atoms with Crippen LogP contribution in [-0.2, 0) is 9.53 Å². The van der Waals surface area contributed by atoms with Crippen LogP contribution in [0.15, 0.2) is 18.2 Å². The molecule has 112 valence electrons. The molecular formula is C14H16N2O5. The van der Waals surface area contributed by atoms with Gasteiger partial charge in [0.05, 0.1) is 24.5 Å². The van der Waals surface area contributed by atoms with E-state index in [0.717, 1.165) is 0 Å². The highest BCUT2D eigenvalue weighted by atomic mass is 16.6. The van der Waals surface area contributed by atoms with Crippen molar-refractivity contribution in [3.8, 4) is 5.75 Å². The van der Waals surface area contributed by atoms with E-state index in [4.69, 9.17) is 14.6 Å². The second-order valence-corrected chi connectivity index (χ2v) is 5.11. The second kappa shape index (κ2) is 4.92. The summed E-state index contributed by atoms with van der Waals surface area (Å²) in [6.45, 7) is 1.76. The number of likely N-dealkylation sites (N-methyl/N-ethyl adjacent to an activating group) is 1. The van der Waals surface area contributed by atoms with E-state index in [1.807, 2.05) is 0 Å². The predicted octanol–water partition coefficient (Wildman–Crippen LogP) is 0.748. The van der Waals surface area contributed by atoms with Crippen LogP contribution < -0.4 is 14.5 Å². The Bertz CT molecular complexity index is 603. The molecule has 2 aliphatic heterocycles. The molecule has 1 aromatic carbocycles. The number of rotatable bonds is 2. The third-order valence-corrected chi connectivity index (χ3v) is 3.68. The summed E-state index contributed by atoms with van der Waals surface area (Å²) in [6, 6.07) is 5.16. The summed E-state index contributed by atoms with van der Waals surface area (Å²) in [5, 5.41) is 9.07. The third kappa shape index (κ3) is 2.19. The fourth-order valence-corrected chi connectivity index (χ4v) is 2.50. The minimum atomic E-state index is -0.562. The number of carbonyl (C=O) groups excluding carboxylic acids is 2. The highest BCUT2D eigenvalue weighted by molar-refractivity contribution is 6.00. The van der Waals surface area contributed by atoms with Gasteiger partial charge in [0.15, 0.2) is 6.10 Å².